The minimum atomic E-state index is 0.0543. The minimum Gasteiger partial charge on any atom is -0.462 e. The molecule has 9 unspecified atom stereocenters. The summed E-state index contributed by atoms with van der Waals surface area (Å²) in [6.07, 6.45) is 43.4. The van der Waals surface area contributed by atoms with E-state index in [4.69, 9.17) is 4.74 Å². The highest BCUT2D eigenvalue weighted by atomic mass is 16.5. The zero-order chi connectivity index (χ0) is 36.7. The van der Waals surface area contributed by atoms with Crippen LogP contribution >= 0.6 is 0 Å². The van der Waals surface area contributed by atoms with Gasteiger partial charge in [-0.05, 0) is 142 Å². The van der Waals surface area contributed by atoms with Crippen molar-refractivity contribution in [3.8, 4) is 0 Å². The van der Waals surface area contributed by atoms with Crippen molar-refractivity contribution < 1.29 is 9.53 Å². The van der Waals surface area contributed by atoms with Crippen molar-refractivity contribution in [1.29, 1.82) is 0 Å². The molecule has 3 fully saturated rings. The summed E-state index contributed by atoms with van der Waals surface area (Å²) in [5.74, 6) is 6.14. The van der Waals surface area contributed by atoms with Gasteiger partial charge in [-0.1, -0.05) is 142 Å². The van der Waals surface area contributed by atoms with Gasteiger partial charge in [0.25, 0.3) is 0 Å². The fourth-order valence-corrected chi connectivity index (χ4v) is 12.1. The molecule has 3 saturated carbocycles. The number of carbonyl (C=O) groups is 1. The summed E-state index contributed by atoms with van der Waals surface area (Å²) in [5, 5.41) is 0. The molecule has 0 spiro atoms. The average Bonchev–Trinajstić information content (AvgIpc) is 3.47. The Bertz CT molecular complexity index is 1100. The number of unbranched alkanes of at least 4 members (excludes halogenated alkanes) is 10. The standard InChI is InChI=1S/C49H84O2/c1-8-10-11-12-13-14-15-16-17-18-19-20-21-22-23-24-25-26-47(50)51-42-33-35-48(6)41(37-42)29-30-43-45-32-31-44(49(45,7)36-34-46(43)48)39(5)27-28-40(9-2)38(3)4/h13-14,16-17,29,38-40,42-46H,8-12,15,18-28,30-37H2,1-7H3/b14-13-,17-16-. The third kappa shape index (κ3) is 11.8. The van der Waals surface area contributed by atoms with Crippen molar-refractivity contribution in [1.82, 2.24) is 0 Å². The molecule has 51 heavy (non-hydrogen) atoms. The summed E-state index contributed by atoms with van der Waals surface area (Å²) in [7, 11) is 0. The van der Waals surface area contributed by atoms with Crippen LogP contribution in [0.25, 0.3) is 0 Å². The van der Waals surface area contributed by atoms with Crippen molar-refractivity contribution in [2.75, 3.05) is 0 Å². The molecule has 9 atom stereocenters. The van der Waals surface area contributed by atoms with E-state index in [2.05, 4.69) is 78.8 Å². The lowest BCUT2D eigenvalue weighted by atomic mass is 9.47. The zero-order valence-electron chi connectivity index (χ0n) is 35.0. The van der Waals surface area contributed by atoms with Crippen LogP contribution in [-0.4, -0.2) is 12.1 Å². The third-order valence-corrected chi connectivity index (χ3v) is 15.4. The first-order chi connectivity index (χ1) is 24.6. The van der Waals surface area contributed by atoms with Crippen LogP contribution in [0.1, 0.15) is 209 Å². The van der Waals surface area contributed by atoms with E-state index >= 15 is 0 Å². The van der Waals surface area contributed by atoms with Crippen molar-refractivity contribution in [3.63, 3.8) is 0 Å². The van der Waals surface area contributed by atoms with Crippen LogP contribution in [0, 0.1) is 52.3 Å². The number of carbonyl (C=O) groups excluding carboxylic acids is 1. The van der Waals surface area contributed by atoms with Gasteiger partial charge in [0.15, 0.2) is 0 Å². The lowest BCUT2D eigenvalue weighted by Crippen LogP contribution is -2.51. The number of allylic oxidation sites excluding steroid dienone is 5. The van der Waals surface area contributed by atoms with E-state index in [1.807, 2.05) is 0 Å². The maximum Gasteiger partial charge on any atom is 0.306 e. The second-order valence-electron chi connectivity index (χ2n) is 19.0. The molecule has 0 heterocycles. The van der Waals surface area contributed by atoms with Crippen molar-refractivity contribution in [3.05, 3.63) is 36.0 Å². The van der Waals surface area contributed by atoms with E-state index in [1.165, 1.54) is 122 Å². The highest BCUT2D eigenvalue weighted by molar-refractivity contribution is 5.69. The molecule has 0 aromatic rings. The summed E-state index contributed by atoms with van der Waals surface area (Å²) in [4.78, 5) is 12.9. The molecule has 4 rings (SSSR count). The first-order valence-electron chi connectivity index (χ1n) is 22.8. The maximum absolute atomic E-state index is 12.9. The summed E-state index contributed by atoms with van der Waals surface area (Å²) in [6, 6.07) is 0. The van der Waals surface area contributed by atoms with Gasteiger partial charge in [-0.2, -0.15) is 0 Å². The number of hydrogen-bond acceptors (Lipinski definition) is 2. The Kier molecular flexibility index (Phi) is 17.9. The third-order valence-electron chi connectivity index (χ3n) is 15.4. The van der Waals surface area contributed by atoms with E-state index in [0.717, 1.165) is 73.5 Å². The fourth-order valence-electron chi connectivity index (χ4n) is 12.1. The summed E-state index contributed by atoms with van der Waals surface area (Å²) < 4.78 is 6.15. The first kappa shape index (κ1) is 42.4. The van der Waals surface area contributed by atoms with Gasteiger partial charge in [-0.3, -0.25) is 4.79 Å². The Morgan fingerprint density at radius 1 is 0.804 bits per heavy atom. The number of hydrogen-bond donors (Lipinski definition) is 0. The second kappa shape index (κ2) is 21.5. The van der Waals surface area contributed by atoms with Crippen molar-refractivity contribution in [2.45, 2.75) is 215 Å². The molecular weight excluding hydrogens is 621 g/mol. The lowest BCUT2D eigenvalue weighted by molar-refractivity contribution is -0.151. The normalized spacial score (nSPS) is 31.8. The molecule has 0 radical (unpaired) electrons. The van der Waals surface area contributed by atoms with E-state index in [1.54, 1.807) is 5.57 Å². The average molecular weight is 705 g/mol. The van der Waals surface area contributed by atoms with Gasteiger partial charge in [-0.15, -0.1) is 0 Å². The monoisotopic (exact) mass is 705 g/mol. The van der Waals surface area contributed by atoms with Crippen LogP contribution in [0.3, 0.4) is 0 Å². The number of esters is 1. The molecule has 0 aliphatic heterocycles. The molecule has 4 aliphatic rings. The molecule has 0 N–H and O–H groups in total. The molecule has 0 aromatic carbocycles. The van der Waals surface area contributed by atoms with Gasteiger partial charge in [-0.25, -0.2) is 0 Å². The SMILES string of the molecule is CCCCC/C=C\C/C=C\CCCCCCCCCC(=O)OC1CCC2(C)C(=CCC3C2CCC2(C)C(C(C)CCC(CC)C(C)C)CCC32)C1. The van der Waals surface area contributed by atoms with E-state index in [0.29, 0.717) is 17.3 Å². The lowest BCUT2D eigenvalue weighted by Gasteiger charge is -2.58. The Morgan fingerprint density at radius 2 is 1.49 bits per heavy atom. The summed E-state index contributed by atoms with van der Waals surface area (Å²) in [6.45, 7) is 17.4. The van der Waals surface area contributed by atoms with E-state index < -0.39 is 0 Å². The van der Waals surface area contributed by atoms with Crippen LogP contribution in [0.2, 0.25) is 0 Å². The molecule has 0 aromatic heterocycles. The number of ether oxygens (including phenoxy) is 1. The van der Waals surface area contributed by atoms with Gasteiger partial charge >= 0.3 is 5.97 Å². The highest BCUT2D eigenvalue weighted by Gasteiger charge is 2.59. The Balaban J connectivity index is 1.10. The largest absolute Gasteiger partial charge is 0.462 e. The van der Waals surface area contributed by atoms with Crippen LogP contribution in [0.5, 0.6) is 0 Å². The second-order valence-corrected chi connectivity index (χ2v) is 19.0. The van der Waals surface area contributed by atoms with Crippen LogP contribution in [-0.2, 0) is 9.53 Å². The molecule has 2 heteroatoms. The summed E-state index contributed by atoms with van der Waals surface area (Å²) >= 11 is 0. The van der Waals surface area contributed by atoms with Crippen LogP contribution < -0.4 is 0 Å². The van der Waals surface area contributed by atoms with Crippen molar-refractivity contribution >= 4 is 5.97 Å². The Hall–Kier alpha value is -1.31. The Morgan fingerprint density at radius 3 is 2.18 bits per heavy atom. The summed E-state index contributed by atoms with van der Waals surface area (Å²) in [5.41, 5.74) is 2.50. The topological polar surface area (TPSA) is 26.3 Å². The molecule has 292 valence electrons. The van der Waals surface area contributed by atoms with E-state index in [9.17, 15) is 4.79 Å². The van der Waals surface area contributed by atoms with Crippen LogP contribution in [0.15, 0.2) is 36.0 Å². The molecule has 0 saturated heterocycles. The first-order valence-corrected chi connectivity index (χ1v) is 22.8. The maximum atomic E-state index is 12.9. The van der Waals surface area contributed by atoms with Gasteiger partial charge in [0.1, 0.15) is 6.10 Å². The molecule has 2 nitrogen and oxygen atoms in total. The quantitative estimate of drug-likeness (QED) is 0.0601. The predicted octanol–water partition coefficient (Wildman–Crippen LogP) is 15.2. The predicted molar refractivity (Wildman–Crippen MR) is 221 cm³/mol. The minimum absolute atomic E-state index is 0.0543. The molecule has 4 aliphatic carbocycles. The van der Waals surface area contributed by atoms with Gasteiger partial charge in [0.2, 0.25) is 0 Å². The number of fused-ring (bicyclic) bond motifs is 5. The fraction of sp³-hybridized carbons (Fsp3) is 0.857. The smallest absolute Gasteiger partial charge is 0.306 e. The highest BCUT2D eigenvalue weighted by Crippen LogP contribution is 2.67. The van der Waals surface area contributed by atoms with Gasteiger partial charge in [0, 0.05) is 12.8 Å². The number of rotatable bonds is 23. The van der Waals surface area contributed by atoms with Gasteiger partial charge in [0.05, 0.1) is 0 Å². The molecule has 0 amide bonds. The zero-order valence-corrected chi connectivity index (χ0v) is 35.0. The van der Waals surface area contributed by atoms with Crippen molar-refractivity contribution in [2.24, 2.45) is 52.3 Å². The van der Waals surface area contributed by atoms with Crippen LogP contribution in [0.4, 0.5) is 0 Å². The van der Waals surface area contributed by atoms with E-state index in [-0.39, 0.29) is 12.1 Å². The molecule has 0 bridgehead atoms. The molecular formula is C49H84O2. The van der Waals surface area contributed by atoms with Gasteiger partial charge < -0.3 is 4.74 Å². The Labute approximate surface area is 317 Å².